The van der Waals surface area contributed by atoms with Crippen molar-refractivity contribution in [3.05, 3.63) is 90.0 Å². The Labute approximate surface area is 220 Å². The average molecular weight is 573 g/mol. The SMILES string of the molecule is CCNC(=NCc1nccn1Cc1ccccc1)NC1CCN(C(C)c2ccccc2)CC1.I. The lowest BCUT2D eigenvalue weighted by atomic mass is 10.0. The molecule has 34 heavy (non-hydrogen) atoms. The third-order valence-corrected chi connectivity index (χ3v) is 6.42. The first-order valence-electron chi connectivity index (χ1n) is 12.1. The number of benzene rings is 2. The van der Waals surface area contributed by atoms with Crippen LogP contribution in [0.3, 0.4) is 0 Å². The van der Waals surface area contributed by atoms with Crippen LogP contribution in [0.1, 0.15) is 49.7 Å². The summed E-state index contributed by atoms with van der Waals surface area (Å²) in [5.41, 5.74) is 2.66. The van der Waals surface area contributed by atoms with Crippen LogP contribution in [0.5, 0.6) is 0 Å². The Morgan fingerprint density at radius 2 is 1.74 bits per heavy atom. The minimum Gasteiger partial charge on any atom is -0.357 e. The first-order valence-corrected chi connectivity index (χ1v) is 12.1. The standard InChI is InChI=1S/C27H36N6.HI/c1-3-28-27(30-20-26-29-16-19-33(26)21-23-10-6-4-7-11-23)31-25-14-17-32(18-15-25)22(2)24-12-8-5-9-13-24;/h4-13,16,19,22,25H,3,14-15,17-18,20-21H2,1-2H3,(H2,28,30,31);1H. The van der Waals surface area contributed by atoms with Crippen LogP contribution < -0.4 is 10.6 Å². The summed E-state index contributed by atoms with van der Waals surface area (Å²) in [6.45, 7) is 8.81. The Bertz CT molecular complexity index is 996. The van der Waals surface area contributed by atoms with E-state index >= 15 is 0 Å². The second-order valence-electron chi connectivity index (χ2n) is 8.69. The Morgan fingerprint density at radius 1 is 1.06 bits per heavy atom. The fraction of sp³-hybridized carbons (Fsp3) is 0.407. The van der Waals surface area contributed by atoms with E-state index < -0.39 is 0 Å². The van der Waals surface area contributed by atoms with Crippen LogP contribution in [-0.4, -0.2) is 46.1 Å². The van der Waals surface area contributed by atoms with Crippen molar-refractivity contribution in [1.29, 1.82) is 0 Å². The number of nitrogens with zero attached hydrogens (tertiary/aromatic N) is 4. The molecule has 0 spiro atoms. The van der Waals surface area contributed by atoms with Gasteiger partial charge in [0.2, 0.25) is 0 Å². The molecule has 0 saturated carbocycles. The van der Waals surface area contributed by atoms with Crippen molar-refractivity contribution in [1.82, 2.24) is 25.1 Å². The van der Waals surface area contributed by atoms with Crippen LogP contribution in [0.15, 0.2) is 78.0 Å². The van der Waals surface area contributed by atoms with Gasteiger partial charge in [0.25, 0.3) is 0 Å². The van der Waals surface area contributed by atoms with E-state index in [1.54, 1.807) is 0 Å². The number of hydrogen-bond donors (Lipinski definition) is 2. The average Bonchev–Trinajstić information content (AvgIpc) is 3.30. The number of rotatable bonds is 8. The van der Waals surface area contributed by atoms with E-state index in [4.69, 9.17) is 4.99 Å². The van der Waals surface area contributed by atoms with Gasteiger partial charge >= 0.3 is 0 Å². The monoisotopic (exact) mass is 572 g/mol. The normalized spacial score (nSPS) is 16.0. The zero-order valence-electron chi connectivity index (χ0n) is 20.2. The largest absolute Gasteiger partial charge is 0.357 e. The number of hydrogen-bond acceptors (Lipinski definition) is 3. The number of halogens is 1. The molecule has 1 fully saturated rings. The summed E-state index contributed by atoms with van der Waals surface area (Å²) in [4.78, 5) is 12.0. The van der Waals surface area contributed by atoms with E-state index in [2.05, 4.69) is 93.5 Å². The predicted molar refractivity (Wildman–Crippen MR) is 151 cm³/mol. The van der Waals surface area contributed by atoms with Crippen molar-refractivity contribution in [2.45, 2.75) is 51.9 Å². The Morgan fingerprint density at radius 3 is 2.41 bits per heavy atom. The van der Waals surface area contributed by atoms with E-state index in [0.717, 1.165) is 50.8 Å². The van der Waals surface area contributed by atoms with Gasteiger partial charge in [-0.15, -0.1) is 24.0 Å². The maximum absolute atomic E-state index is 4.85. The van der Waals surface area contributed by atoms with Crippen molar-refractivity contribution in [3.8, 4) is 0 Å². The Balaban J connectivity index is 0.00000324. The van der Waals surface area contributed by atoms with Crippen molar-refractivity contribution in [2.75, 3.05) is 19.6 Å². The van der Waals surface area contributed by atoms with Crippen molar-refractivity contribution >= 4 is 29.9 Å². The Hall–Kier alpha value is -2.39. The van der Waals surface area contributed by atoms with Gasteiger partial charge in [-0.3, -0.25) is 4.90 Å². The van der Waals surface area contributed by atoms with Gasteiger partial charge in [0.05, 0.1) is 0 Å². The smallest absolute Gasteiger partial charge is 0.191 e. The second kappa shape index (κ2) is 13.5. The van der Waals surface area contributed by atoms with Gasteiger partial charge < -0.3 is 15.2 Å². The first-order chi connectivity index (χ1) is 16.2. The van der Waals surface area contributed by atoms with Gasteiger partial charge in [0, 0.05) is 50.7 Å². The van der Waals surface area contributed by atoms with Gasteiger partial charge in [0.1, 0.15) is 12.4 Å². The molecule has 0 bridgehead atoms. The maximum atomic E-state index is 4.85. The summed E-state index contributed by atoms with van der Waals surface area (Å²) in [5, 5.41) is 7.07. The van der Waals surface area contributed by atoms with E-state index in [1.165, 1.54) is 11.1 Å². The minimum atomic E-state index is 0. The highest BCUT2D eigenvalue weighted by atomic mass is 127. The van der Waals surface area contributed by atoms with Gasteiger partial charge in [0.15, 0.2) is 5.96 Å². The summed E-state index contributed by atoms with van der Waals surface area (Å²) in [7, 11) is 0. The molecule has 1 unspecified atom stereocenters. The molecule has 2 aromatic carbocycles. The number of aromatic nitrogens is 2. The molecule has 1 aliphatic rings. The lowest BCUT2D eigenvalue weighted by Crippen LogP contribution is -2.49. The maximum Gasteiger partial charge on any atom is 0.191 e. The molecule has 1 aliphatic heterocycles. The third-order valence-electron chi connectivity index (χ3n) is 6.42. The molecular weight excluding hydrogens is 535 g/mol. The molecule has 1 atom stereocenters. The zero-order chi connectivity index (χ0) is 22.9. The predicted octanol–water partition coefficient (Wildman–Crippen LogP) is 4.83. The van der Waals surface area contributed by atoms with Crippen molar-refractivity contribution < 1.29 is 0 Å². The molecule has 7 heteroatoms. The number of likely N-dealkylation sites (tertiary alicyclic amines) is 1. The third kappa shape index (κ3) is 7.30. The van der Waals surface area contributed by atoms with E-state index in [-0.39, 0.29) is 24.0 Å². The molecule has 0 amide bonds. The quantitative estimate of drug-likeness (QED) is 0.231. The van der Waals surface area contributed by atoms with Gasteiger partial charge in [-0.1, -0.05) is 60.7 Å². The molecule has 2 N–H and O–H groups in total. The highest BCUT2D eigenvalue weighted by Gasteiger charge is 2.24. The fourth-order valence-corrected chi connectivity index (χ4v) is 4.45. The summed E-state index contributed by atoms with van der Waals surface area (Å²) in [5.74, 6) is 1.85. The molecular formula is C27H37IN6. The minimum absolute atomic E-state index is 0. The molecule has 1 saturated heterocycles. The molecule has 0 aliphatic carbocycles. The summed E-state index contributed by atoms with van der Waals surface area (Å²) >= 11 is 0. The highest BCUT2D eigenvalue weighted by molar-refractivity contribution is 14.0. The number of guanidine groups is 1. The van der Waals surface area contributed by atoms with E-state index in [1.807, 2.05) is 18.5 Å². The molecule has 2 heterocycles. The molecule has 4 rings (SSSR count). The van der Waals surface area contributed by atoms with Gasteiger partial charge in [-0.2, -0.15) is 0 Å². The number of nitrogens with one attached hydrogen (secondary N) is 2. The second-order valence-corrected chi connectivity index (χ2v) is 8.69. The zero-order valence-corrected chi connectivity index (χ0v) is 22.6. The number of imidazole rings is 1. The van der Waals surface area contributed by atoms with E-state index in [0.29, 0.717) is 18.6 Å². The number of aliphatic imine (C=N–C) groups is 1. The van der Waals surface area contributed by atoms with Gasteiger partial charge in [-0.05, 0) is 37.8 Å². The highest BCUT2D eigenvalue weighted by Crippen LogP contribution is 2.24. The lowest BCUT2D eigenvalue weighted by Gasteiger charge is -2.37. The van der Waals surface area contributed by atoms with Crippen LogP contribution in [0.4, 0.5) is 0 Å². The summed E-state index contributed by atoms with van der Waals surface area (Å²) < 4.78 is 2.17. The summed E-state index contributed by atoms with van der Waals surface area (Å²) in [6, 6.07) is 22.2. The van der Waals surface area contributed by atoms with E-state index in [9.17, 15) is 0 Å². The van der Waals surface area contributed by atoms with Crippen LogP contribution in [-0.2, 0) is 13.1 Å². The van der Waals surface area contributed by atoms with Crippen LogP contribution in [0.25, 0.3) is 0 Å². The van der Waals surface area contributed by atoms with Crippen molar-refractivity contribution in [2.24, 2.45) is 4.99 Å². The summed E-state index contributed by atoms with van der Waals surface area (Å²) in [6.07, 6.45) is 6.12. The van der Waals surface area contributed by atoms with Crippen LogP contribution >= 0.6 is 24.0 Å². The Kier molecular flexibility index (Phi) is 10.4. The van der Waals surface area contributed by atoms with Crippen LogP contribution in [0.2, 0.25) is 0 Å². The fourth-order valence-electron chi connectivity index (χ4n) is 4.45. The lowest BCUT2D eigenvalue weighted by molar-refractivity contribution is 0.158. The topological polar surface area (TPSA) is 57.5 Å². The molecule has 3 aromatic rings. The van der Waals surface area contributed by atoms with Gasteiger partial charge in [-0.25, -0.2) is 9.98 Å². The van der Waals surface area contributed by atoms with Crippen molar-refractivity contribution in [3.63, 3.8) is 0 Å². The van der Waals surface area contributed by atoms with Crippen LogP contribution in [0, 0.1) is 0 Å². The molecule has 0 radical (unpaired) electrons. The molecule has 6 nitrogen and oxygen atoms in total. The molecule has 1 aromatic heterocycles. The number of piperidine rings is 1. The molecule has 182 valence electrons. The first kappa shape index (κ1) is 26.2.